The lowest BCUT2D eigenvalue weighted by Gasteiger charge is -2.06. The average Bonchev–Trinajstić information content (AvgIpc) is 2.40. The number of nitrogens with zero attached hydrogens (tertiary/aromatic N) is 2. The molecule has 0 aromatic carbocycles. The van der Waals surface area contributed by atoms with Crippen LogP contribution in [0.3, 0.4) is 0 Å². The van der Waals surface area contributed by atoms with E-state index in [9.17, 15) is 20.0 Å². The van der Waals surface area contributed by atoms with Crippen molar-refractivity contribution in [2.45, 2.75) is 6.92 Å². The van der Waals surface area contributed by atoms with Gasteiger partial charge in [-0.25, -0.2) is 9.78 Å². The second-order valence-corrected chi connectivity index (χ2v) is 4.24. The highest BCUT2D eigenvalue weighted by molar-refractivity contribution is 9.10. The number of carbonyl (C=O) groups is 1. The summed E-state index contributed by atoms with van der Waals surface area (Å²) >= 11 is 3.07. The molecule has 0 aliphatic heterocycles. The lowest BCUT2D eigenvalue weighted by atomic mass is 10.2. The predicted molar refractivity (Wildman–Crippen MR) is 72.4 cm³/mol. The van der Waals surface area contributed by atoms with Crippen LogP contribution in [-0.4, -0.2) is 34.7 Å². The van der Waals surface area contributed by atoms with Gasteiger partial charge in [-0.05, 0) is 22.9 Å². The van der Waals surface area contributed by atoms with Gasteiger partial charge in [0.05, 0.1) is 28.7 Å². The van der Waals surface area contributed by atoms with Crippen LogP contribution < -0.4 is 4.74 Å². The Balaban J connectivity index is 3.40. The van der Waals surface area contributed by atoms with Gasteiger partial charge in [0.25, 0.3) is 5.88 Å². The second-order valence-electron chi connectivity index (χ2n) is 3.38. The van der Waals surface area contributed by atoms with Crippen LogP contribution in [0.15, 0.2) is 16.4 Å². The van der Waals surface area contributed by atoms with Gasteiger partial charge in [-0.3, -0.25) is 10.1 Å². The number of halogens is 1. The molecule has 0 fully saturated rings. The number of aromatic nitrogens is 1. The number of pyridine rings is 1. The molecule has 0 bridgehead atoms. The smallest absolute Gasteiger partial charge is 0.373 e. The number of esters is 1. The van der Waals surface area contributed by atoms with Crippen molar-refractivity contribution in [2.75, 3.05) is 13.7 Å². The zero-order valence-corrected chi connectivity index (χ0v) is 12.2. The summed E-state index contributed by atoms with van der Waals surface area (Å²) in [5.41, 5.74) is -0.523. The largest absolute Gasteiger partial charge is 0.502 e. The lowest BCUT2D eigenvalue weighted by molar-refractivity contribution is -0.386. The van der Waals surface area contributed by atoms with E-state index >= 15 is 0 Å². The summed E-state index contributed by atoms with van der Waals surface area (Å²) in [4.78, 5) is 25.4. The lowest BCUT2D eigenvalue weighted by Crippen LogP contribution is -2.07. The summed E-state index contributed by atoms with van der Waals surface area (Å²) in [7, 11) is 1.22. The van der Waals surface area contributed by atoms with Crippen molar-refractivity contribution in [1.82, 2.24) is 4.98 Å². The van der Waals surface area contributed by atoms with Crippen molar-refractivity contribution in [1.29, 1.82) is 0 Å². The van der Waals surface area contributed by atoms with Crippen molar-refractivity contribution in [3.05, 3.63) is 32.1 Å². The zero-order chi connectivity index (χ0) is 15.3. The van der Waals surface area contributed by atoms with Crippen LogP contribution in [-0.2, 0) is 9.53 Å². The molecule has 8 nitrogen and oxygen atoms in total. The molecule has 1 rings (SSSR count). The maximum absolute atomic E-state index is 11.3. The van der Waals surface area contributed by atoms with Gasteiger partial charge in [0.1, 0.15) is 0 Å². The van der Waals surface area contributed by atoms with Crippen LogP contribution >= 0.6 is 15.9 Å². The molecule has 9 heteroatoms. The van der Waals surface area contributed by atoms with E-state index in [1.807, 2.05) is 0 Å². The Bertz CT molecular complexity index is 572. The van der Waals surface area contributed by atoms with E-state index in [1.54, 1.807) is 6.92 Å². The third kappa shape index (κ3) is 3.44. The van der Waals surface area contributed by atoms with Gasteiger partial charge in [-0.1, -0.05) is 0 Å². The molecule has 20 heavy (non-hydrogen) atoms. The molecule has 0 aliphatic carbocycles. The van der Waals surface area contributed by atoms with Crippen molar-refractivity contribution in [2.24, 2.45) is 0 Å². The van der Waals surface area contributed by atoms with Gasteiger partial charge in [-0.2, -0.15) is 0 Å². The highest BCUT2D eigenvalue weighted by Crippen LogP contribution is 2.35. The van der Waals surface area contributed by atoms with Crippen LogP contribution in [0.5, 0.6) is 5.88 Å². The van der Waals surface area contributed by atoms with E-state index in [0.717, 1.165) is 6.08 Å². The third-order valence-corrected chi connectivity index (χ3v) is 2.78. The van der Waals surface area contributed by atoms with Crippen LogP contribution in [0.25, 0.3) is 6.08 Å². The summed E-state index contributed by atoms with van der Waals surface area (Å²) < 4.78 is 9.60. The average molecular weight is 347 g/mol. The standard InChI is InChI=1S/C11H11BrN2O6/c1-3-20-11(16)8(15)4-6-7(12)5-13-10(19-2)9(6)14(17)18/h4-5,15H,3H2,1-2H3/b8-4-. The molecule has 0 atom stereocenters. The molecule has 0 unspecified atom stereocenters. The van der Waals surface area contributed by atoms with Gasteiger partial charge in [-0.15, -0.1) is 0 Å². The normalized spacial score (nSPS) is 11.1. The number of carbonyl (C=O) groups excluding carboxylic acids is 1. The summed E-state index contributed by atoms with van der Waals surface area (Å²) in [5.74, 6) is -1.98. The summed E-state index contributed by atoms with van der Waals surface area (Å²) in [5, 5.41) is 20.6. The first kappa shape index (κ1) is 15.9. The fraction of sp³-hybridized carbons (Fsp3) is 0.273. The van der Waals surface area contributed by atoms with E-state index in [1.165, 1.54) is 13.3 Å². The van der Waals surface area contributed by atoms with E-state index in [4.69, 9.17) is 4.74 Å². The minimum Gasteiger partial charge on any atom is -0.502 e. The van der Waals surface area contributed by atoms with Gasteiger partial charge in [0.15, 0.2) is 0 Å². The first-order valence-electron chi connectivity index (χ1n) is 5.37. The minimum atomic E-state index is -0.982. The highest BCUT2D eigenvalue weighted by atomic mass is 79.9. The van der Waals surface area contributed by atoms with Gasteiger partial charge in [0.2, 0.25) is 5.76 Å². The van der Waals surface area contributed by atoms with Crippen LogP contribution in [0.2, 0.25) is 0 Å². The van der Waals surface area contributed by atoms with Crippen LogP contribution in [0.4, 0.5) is 5.69 Å². The Morgan fingerprint density at radius 2 is 2.30 bits per heavy atom. The first-order chi connectivity index (χ1) is 9.42. The van der Waals surface area contributed by atoms with Crippen molar-refractivity contribution < 1.29 is 24.3 Å². The van der Waals surface area contributed by atoms with Crippen LogP contribution in [0, 0.1) is 10.1 Å². The number of hydrogen-bond donors (Lipinski definition) is 1. The maximum atomic E-state index is 11.3. The molecule has 0 spiro atoms. The van der Waals surface area contributed by atoms with E-state index < -0.39 is 22.3 Å². The van der Waals surface area contributed by atoms with E-state index in [-0.39, 0.29) is 22.5 Å². The monoisotopic (exact) mass is 346 g/mol. The summed E-state index contributed by atoms with van der Waals surface area (Å²) in [6.45, 7) is 1.64. The minimum absolute atomic E-state index is 0.0487. The molecule has 108 valence electrons. The van der Waals surface area contributed by atoms with Crippen molar-refractivity contribution >= 4 is 33.7 Å². The summed E-state index contributed by atoms with van der Waals surface area (Å²) in [6.07, 6.45) is 2.18. The Labute approximate surface area is 122 Å². The number of rotatable bonds is 5. The fourth-order valence-electron chi connectivity index (χ4n) is 1.34. The zero-order valence-electron chi connectivity index (χ0n) is 10.6. The Kier molecular flexibility index (Phi) is 5.44. The molecular weight excluding hydrogens is 336 g/mol. The molecule has 0 saturated heterocycles. The number of aliphatic hydroxyl groups is 1. The fourth-order valence-corrected chi connectivity index (χ4v) is 1.74. The SMILES string of the molecule is CCOC(=O)/C(O)=C/c1c(Br)cnc(OC)c1[N+](=O)[O-]. The molecule has 0 aliphatic rings. The Morgan fingerprint density at radius 1 is 1.65 bits per heavy atom. The second kappa shape index (κ2) is 6.85. The predicted octanol–water partition coefficient (Wildman–Crippen LogP) is 2.22. The first-order valence-corrected chi connectivity index (χ1v) is 6.16. The Hall–Kier alpha value is -2.16. The molecule has 1 N–H and O–H groups in total. The van der Waals surface area contributed by atoms with Gasteiger partial charge < -0.3 is 14.6 Å². The molecule has 0 radical (unpaired) electrons. The maximum Gasteiger partial charge on any atom is 0.373 e. The molecule has 1 heterocycles. The van der Waals surface area contributed by atoms with Crippen LogP contribution in [0.1, 0.15) is 12.5 Å². The van der Waals surface area contributed by atoms with Crippen molar-refractivity contribution in [3.63, 3.8) is 0 Å². The number of hydrogen-bond acceptors (Lipinski definition) is 7. The quantitative estimate of drug-likeness (QED) is 0.286. The molecule has 0 amide bonds. The number of methoxy groups -OCH3 is 1. The van der Waals surface area contributed by atoms with Gasteiger partial charge >= 0.3 is 11.7 Å². The Morgan fingerprint density at radius 3 is 2.80 bits per heavy atom. The number of ether oxygens (including phenoxy) is 2. The number of nitro groups is 1. The third-order valence-electron chi connectivity index (χ3n) is 2.15. The molecule has 1 aromatic heterocycles. The van der Waals surface area contributed by atoms with Gasteiger partial charge in [0, 0.05) is 12.3 Å². The highest BCUT2D eigenvalue weighted by Gasteiger charge is 2.25. The number of aliphatic hydroxyl groups excluding tert-OH is 1. The molecule has 1 aromatic rings. The summed E-state index contributed by atoms with van der Waals surface area (Å²) in [6, 6.07) is 0. The molecular formula is C11H11BrN2O6. The van der Waals surface area contributed by atoms with E-state index in [2.05, 4.69) is 25.7 Å². The van der Waals surface area contributed by atoms with Crippen molar-refractivity contribution in [3.8, 4) is 5.88 Å². The molecule has 0 saturated carbocycles. The van der Waals surface area contributed by atoms with E-state index in [0.29, 0.717) is 0 Å². The topological polar surface area (TPSA) is 112 Å².